The molecule has 28 heavy (non-hydrogen) atoms. The summed E-state index contributed by atoms with van der Waals surface area (Å²) in [5.74, 6) is -2.29. The average Bonchev–Trinajstić information content (AvgIpc) is 3.04. The van der Waals surface area contributed by atoms with Gasteiger partial charge in [-0.2, -0.15) is 18.2 Å². The Morgan fingerprint density at radius 2 is 1.82 bits per heavy atom. The van der Waals surface area contributed by atoms with E-state index in [1.54, 1.807) is 6.92 Å². The fourth-order valence-corrected chi connectivity index (χ4v) is 2.33. The number of amides is 2. The van der Waals surface area contributed by atoms with Crippen molar-refractivity contribution >= 4 is 17.5 Å². The second kappa shape index (κ2) is 7.99. The van der Waals surface area contributed by atoms with E-state index in [1.165, 1.54) is 18.2 Å². The zero-order chi connectivity index (χ0) is 21.1. The molecule has 0 unspecified atom stereocenters. The van der Waals surface area contributed by atoms with E-state index in [2.05, 4.69) is 25.3 Å². The Bertz CT molecular complexity index is 870. The van der Waals surface area contributed by atoms with Crippen molar-refractivity contribution in [2.24, 2.45) is 0 Å². The first-order valence-electron chi connectivity index (χ1n) is 8.54. The molecular weight excluding hydrogens is 377 g/mol. The first-order valence-corrected chi connectivity index (χ1v) is 8.54. The maximum atomic E-state index is 12.7. The van der Waals surface area contributed by atoms with Crippen molar-refractivity contribution < 1.29 is 27.3 Å². The van der Waals surface area contributed by atoms with E-state index in [9.17, 15) is 22.8 Å². The maximum absolute atomic E-state index is 12.7. The number of nitrogens with one attached hydrogen (secondary N) is 2. The molecule has 0 spiro atoms. The lowest BCUT2D eigenvalue weighted by molar-refractivity contribution is -0.159. The smallest absolute Gasteiger partial charge is 0.351 e. The van der Waals surface area contributed by atoms with Crippen molar-refractivity contribution in [2.45, 2.75) is 52.3 Å². The van der Waals surface area contributed by atoms with E-state index in [-0.39, 0.29) is 36.0 Å². The highest BCUT2D eigenvalue weighted by molar-refractivity contribution is 5.93. The topological polar surface area (TPSA) is 97.1 Å². The van der Waals surface area contributed by atoms with Crippen molar-refractivity contribution in [3.05, 3.63) is 29.7 Å². The first-order chi connectivity index (χ1) is 12.9. The SMILES string of the molecule is CCC(=O)Nc1ccc(-c2noc(C(F)(F)F)n2)cc1CC(=O)NC(C)(C)C. The summed E-state index contributed by atoms with van der Waals surface area (Å²) < 4.78 is 42.3. The van der Waals surface area contributed by atoms with Crippen LogP contribution in [0.5, 0.6) is 0 Å². The van der Waals surface area contributed by atoms with Crippen LogP contribution in [-0.2, 0) is 22.2 Å². The van der Waals surface area contributed by atoms with Gasteiger partial charge in [0.25, 0.3) is 0 Å². The third-order valence-corrected chi connectivity index (χ3v) is 3.49. The number of anilines is 1. The van der Waals surface area contributed by atoms with Crippen LogP contribution in [0.4, 0.5) is 18.9 Å². The van der Waals surface area contributed by atoms with Crippen LogP contribution in [0.3, 0.4) is 0 Å². The molecule has 0 aliphatic heterocycles. The summed E-state index contributed by atoms with van der Waals surface area (Å²) >= 11 is 0. The molecule has 0 saturated heterocycles. The lowest BCUT2D eigenvalue weighted by atomic mass is 10.0. The van der Waals surface area contributed by atoms with Gasteiger partial charge in [-0.15, -0.1) is 0 Å². The predicted octanol–water partition coefficient (Wildman–Crippen LogP) is 3.56. The maximum Gasteiger partial charge on any atom is 0.471 e. The number of carbonyl (C=O) groups excluding carboxylic acids is 2. The summed E-state index contributed by atoms with van der Waals surface area (Å²) in [5, 5.41) is 8.81. The van der Waals surface area contributed by atoms with Crippen molar-refractivity contribution in [2.75, 3.05) is 5.32 Å². The third kappa shape index (κ3) is 5.80. The second-order valence-electron chi connectivity index (χ2n) is 7.17. The average molecular weight is 398 g/mol. The van der Waals surface area contributed by atoms with Crippen LogP contribution in [-0.4, -0.2) is 27.5 Å². The van der Waals surface area contributed by atoms with Crippen LogP contribution in [0.1, 0.15) is 45.6 Å². The molecule has 2 amide bonds. The van der Waals surface area contributed by atoms with Crippen molar-refractivity contribution in [3.63, 3.8) is 0 Å². The van der Waals surface area contributed by atoms with Gasteiger partial charge < -0.3 is 15.2 Å². The van der Waals surface area contributed by atoms with Gasteiger partial charge in [0.05, 0.1) is 6.42 Å². The van der Waals surface area contributed by atoms with Crippen LogP contribution in [0.25, 0.3) is 11.4 Å². The molecule has 0 fully saturated rings. The fraction of sp³-hybridized carbons (Fsp3) is 0.444. The lowest BCUT2D eigenvalue weighted by Gasteiger charge is -2.21. The van der Waals surface area contributed by atoms with Crippen LogP contribution < -0.4 is 10.6 Å². The minimum Gasteiger partial charge on any atom is -0.351 e. The Kier molecular flexibility index (Phi) is 6.10. The Hall–Kier alpha value is -2.91. The molecule has 0 aliphatic rings. The molecule has 0 bridgehead atoms. The minimum atomic E-state index is -4.75. The number of carbonyl (C=O) groups is 2. The Morgan fingerprint density at radius 1 is 1.14 bits per heavy atom. The highest BCUT2D eigenvalue weighted by Crippen LogP contribution is 2.30. The van der Waals surface area contributed by atoms with Gasteiger partial charge in [-0.3, -0.25) is 9.59 Å². The summed E-state index contributed by atoms with van der Waals surface area (Å²) in [7, 11) is 0. The van der Waals surface area contributed by atoms with Crippen LogP contribution in [0, 0.1) is 0 Å². The van der Waals surface area contributed by atoms with Crippen molar-refractivity contribution in [1.82, 2.24) is 15.5 Å². The Labute approximate surface area is 159 Å². The lowest BCUT2D eigenvalue weighted by Crippen LogP contribution is -2.41. The van der Waals surface area contributed by atoms with Gasteiger partial charge in [-0.05, 0) is 44.5 Å². The summed E-state index contributed by atoms with van der Waals surface area (Å²) in [6, 6.07) is 4.40. The van der Waals surface area contributed by atoms with E-state index in [0.29, 0.717) is 11.3 Å². The molecule has 2 N–H and O–H groups in total. The molecule has 0 saturated carbocycles. The van der Waals surface area contributed by atoms with Gasteiger partial charge in [0.15, 0.2) is 0 Å². The summed E-state index contributed by atoms with van der Waals surface area (Å²) in [4.78, 5) is 27.4. The van der Waals surface area contributed by atoms with Crippen molar-refractivity contribution in [3.8, 4) is 11.4 Å². The number of hydrogen-bond donors (Lipinski definition) is 2. The summed E-state index contributed by atoms with van der Waals surface area (Å²) in [6.45, 7) is 7.13. The second-order valence-corrected chi connectivity index (χ2v) is 7.17. The molecule has 7 nitrogen and oxygen atoms in total. The quantitative estimate of drug-likeness (QED) is 0.803. The van der Waals surface area contributed by atoms with E-state index < -0.39 is 17.6 Å². The van der Waals surface area contributed by atoms with Crippen LogP contribution in [0.2, 0.25) is 0 Å². The molecule has 1 heterocycles. The standard InChI is InChI=1S/C18H21F3N4O3/c1-5-13(26)22-12-7-6-10(15-23-16(28-25-15)18(19,20)21)8-11(12)9-14(27)24-17(2,3)4/h6-8H,5,9H2,1-4H3,(H,22,26)(H,24,27). The summed E-state index contributed by atoms with van der Waals surface area (Å²) in [6.07, 6.45) is -4.61. The molecule has 10 heteroatoms. The molecule has 1 aromatic carbocycles. The van der Waals surface area contributed by atoms with Gasteiger partial charge in [0, 0.05) is 23.2 Å². The number of alkyl halides is 3. The fourth-order valence-electron chi connectivity index (χ4n) is 2.33. The highest BCUT2D eigenvalue weighted by Gasteiger charge is 2.38. The van der Waals surface area contributed by atoms with Crippen LogP contribution >= 0.6 is 0 Å². The molecule has 2 aromatic rings. The van der Waals surface area contributed by atoms with Gasteiger partial charge >= 0.3 is 12.1 Å². The highest BCUT2D eigenvalue weighted by atomic mass is 19.4. The number of rotatable bonds is 5. The zero-order valence-corrected chi connectivity index (χ0v) is 15.9. The monoisotopic (exact) mass is 398 g/mol. The number of halogens is 3. The van der Waals surface area contributed by atoms with Gasteiger partial charge in [0.1, 0.15) is 0 Å². The zero-order valence-electron chi connectivity index (χ0n) is 15.9. The molecular formula is C18H21F3N4O3. The number of aromatic nitrogens is 2. The molecule has 0 radical (unpaired) electrons. The van der Waals surface area contributed by atoms with Crippen LogP contribution in [0.15, 0.2) is 22.7 Å². The van der Waals surface area contributed by atoms with Crippen molar-refractivity contribution in [1.29, 1.82) is 0 Å². The summed E-state index contributed by atoms with van der Waals surface area (Å²) in [5.41, 5.74) is 0.572. The Morgan fingerprint density at radius 3 is 2.36 bits per heavy atom. The van der Waals surface area contributed by atoms with Gasteiger partial charge in [0.2, 0.25) is 17.6 Å². The number of benzene rings is 1. The van der Waals surface area contributed by atoms with E-state index in [4.69, 9.17) is 0 Å². The predicted molar refractivity (Wildman–Crippen MR) is 95.3 cm³/mol. The third-order valence-electron chi connectivity index (χ3n) is 3.49. The van der Waals surface area contributed by atoms with Gasteiger partial charge in [-0.25, -0.2) is 0 Å². The minimum absolute atomic E-state index is 0.0889. The molecule has 0 atom stereocenters. The molecule has 152 valence electrons. The van der Waals surface area contributed by atoms with E-state index in [1.807, 2.05) is 20.8 Å². The molecule has 1 aromatic heterocycles. The number of nitrogens with zero attached hydrogens (tertiary/aromatic N) is 2. The first kappa shape index (κ1) is 21.4. The molecule has 0 aliphatic carbocycles. The van der Waals surface area contributed by atoms with Gasteiger partial charge in [-0.1, -0.05) is 12.1 Å². The number of hydrogen-bond acceptors (Lipinski definition) is 5. The van der Waals surface area contributed by atoms with E-state index in [0.717, 1.165) is 0 Å². The Balaban J connectivity index is 2.38. The van der Waals surface area contributed by atoms with E-state index >= 15 is 0 Å². The molecule has 2 rings (SSSR count). The largest absolute Gasteiger partial charge is 0.471 e. The normalized spacial score (nSPS) is 12.0.